The average molecular weight is 254 g/mol. The standard InChI is InChI=1S/C15H26O3/c1-10(9-16)12-6-7-13-14(18-11(2)17)5-4-8-15(12,13)3/h10,12-14,16H,4-9H2,1-3H3/t10?,12-,13-,14-,15+/m0/s1. The molecule has 2 saturated carbocycles. The molecule has 1 N–H and O–H groups in total. The predicted molar refractivity (Wildman–Crippen MR) is 70.0 cm³/mol. The van der Waals surface area contributed by atoms with E-state index in [9.17, 15) is 9.90 Å². The third kappa shape index (κ3) is 2.29. The zero-order valence-electron chi connectivity index (χ0n) is 11.8. The summed E-state index contributed by atoms with van der Waals surface area (Å²) in [5.74, 6) is 1.28. The highest BCUT2D eigenvalue weighted by Crippen LogP contribution is 2.58. The highest BCUT2D eigenvalue weighted by atomic mass is 16.5. The Morgan fingerprint density at radius 2 is 2.17 bits per heavy atom. The van der Waals surface area contributed by atoms with Gasteiger partial charge in [0.15, 0.2) is 0 Å². The van der Waals surface area contributed by atoms with Gasteiger partial charge < -0.3 is 9.84 Å². The first-order valence-electron chi connectivity index (χ1n) is 7.27. The topological polar surface area (TPSA) is 46.5 Å². The number of aliphatic hydroxyl groups is 1. The summed E-state index contributed by atoms with van der Waals surface area (Å²) >= 11 is 0. The number of rotatable bonds is 3. The van der Waals surface area contributed by atoms with Gasteiger partial charge in [-0.05, 0) is 49.4 Å². The summed E-state index contributed by atoms with van der Waals surface area (Å²) in [5, 5.41) is 9.43. The van der Waals surface area contributed by atoms with Crippen molar-refractivity contribution in [3.8, 4) is 0 Å². The van der Waals surface area contributed by atoms with E-state index >= 15 is 0 Å². The Morgan fingerprint density at radius 1 is 1.44 bits per heavy atom. The third-order valence-corrected chi connectivity index (χ3v) is 5.43. The molecule has 0 aliphatic heterocycles. The highest BCUT2D eigenvalue weighted by Gasteiger charge is 2.53. The van der Waals surface area contributed by atoms with Crippen molar-refractivity contribution in [3.05, 3.63) is 0 Å². The Hall–Kier alpha value is -0.570. The van der Waals surface area contributed by atoms with Crippen LogP contribution in [-0.2, 0) is 9.53 Å². The van der Waals surface area contributed by atoms with Gasteiger partial charge in [-0.2, -0.15) is 0 Å². The quantitative estimate of drug-likeness (QED) is 0.788. The van der Waals surface area contributed by atoms with Crippen LogP contribution in [0.5, 0.6) is 0 Å². The second kappa shape index (κ2) is 5.20. The zero-order chi connectivity index (χ0) is 13.3. The molecule has 3 heteroatoms. The molecular formula is C15H26O3. The van der Waals surface area contributed by atoms with E-state index in [0.717, 1.165) is 19.3 Å². The van der Waals surface area contributed by atoms with E-state index in [1.54, 1.807) is 0 Å². The van der Waals surface area contributed by atoms with Gasteiger partial charge in [-0.15, -0.1) is 0 Å². The van der Waals surface area contributed by atoms with Crippen molar-refractivity contribution in [2.75, 3.05) is 6.61 Å². The molecule has 0 heterocycles. The van der Waals surface area contributed by atoms with Gasteiger partial charge in [0, 0.05) is 19.4 Å². The summed E-state index contributed by atoms with van der Waals surface area (Å²) in [6.07, 6.45) is 5.78. The lowest BCUT2D eigenvalue weighted by Gasteiger charge is -2.45. The minimum atomic E-state index is -0.150. The van der Waals surface area contributed by atoms with Gasteiger partial charge in [-0.3, -0.25) is 4.79 Å². The summed E-state index contributed by atoms with van der Waals surface area (Å²) in [4.78, 5) is 11.2. The minimum absolute atomic E-state index is 0.108. The lowest BCUT2D eigenvalue weighted by atomic mass is 9.62. The maximum absolute atomic E-state index is 11.2. The maximum atomic E-state index is 11.2. The Labute approximate surface area is 110 Å². The molecule has 104 valence electrons. The number of carbonyl (C=O) groups excluding carboxylic acids is 1. The molecule has 0 saturated heterocycles. The Kier molecular flexibility index (Phi) is 4.00. The lowest BCUT2D eigenvalue weighted by molar-refractivity contribution is -0.155. The molecule has 0 bridgehead atoms. The van der Waals surface area contributed by atoms with E-state index in [4.69, 9.17) is 4.74 Å². The molecule has 0 aromatic heterocycles. The SMILES string of the molecule is CC(=O)O[C@H]1CCC[C@]2(C)[C@H](C(C)CO)CC[C@@H]12. The molecule has 0 aromatic carbocycles. The fourth-order valence-electron chi connectivity index (χ4n) is 4.58. The third-order valence-electron chi connectivity index (χ3n) is 5.43. The van der Waals surface area contributed by atoms with Crippen molar-refractivity contribution in [1.29, 1.82) is 0 Å². The van der Waals surface area contributed by atoms with Gasteiger partial charge in [0.05, 0.1) is 0 Å². The Balaban J connectivity index is 2.15. The number of fused-ring (bicyclic) bond motifs is 1. The van der Waals surface area contributed by atoms with E-state index in [0.29, 0.717) is 17.8 Å². The Morgan fingerprint density at radius 3 is 2.78 bits per heavy atom. The van der Waals surface area contributed by atoms with Crippen LogP contribution in [0, 0.1) is 23.2 Å². The summed E-state index contributed by atoms with van der Waals surface area (Å²) in [6, 6.07) is 0. The van der Waals surface area contributed by atoms with Gasteiger partial charge in [-0.25, -0.2) is 0 Å². The smallest absolute Gasteiger partial charge is 0.302 e. The first-order chi connectivity index (χ1) is 8.49. The second-order valence-corrected chi connectivity index (χ2v) is 6.50. The summed E-state index contributed by atoms with van der Waals surface area (Å²) in [6.45, 7) is 6.27. The van der Waals surface area contributed by atoms with Crippen LogP contribution in [0.4, 0.5) is 0 Å². The van der Waals surface area contributed by atoms with Crippen molar-refractivity contribution in [3.63, 3.8) is 0 Å². The monoisotopic (exact) mass is 254 g/mol. The van der Waals surface area contributed by atoms with Gasteiger partial charge in [0.25, 0.3) is 0 Å². The van der Waals surface area contributed by atoms with Crippen LogP contribution in [0.1, 0.15) is 52.9 Å². The molecule has 0 radical (unpaired) electrons. The second-order valence-electron chi connectivity index (χ2n) is 6.50. The van der Waals surface area contributed by atoms with E-state index in [2.05, 4.69) is 13.8 Å². The fourth-order valence-corrected chi connectivity index (χ4v) is 4.58. The van der Waals surface area contributed by atoms with Crippen molar-refractivity contribution < 1.29 is 14.6 Å². The molecule has 1 unspecified atom stereocenters. The van der Waals surface area contributed by atoms with Crippen LogP contribution in [0.2, 0.25) is 0 Å². The van der Waals surface area contributed by atoms with E-state index in [-0.39, 0.29) is 24.1 Å². The summed E-state index contributed by atoms with van der Waals surface area (Å²) < 4.78 is 5.53. The molecule has 0 spiro atoms. The van der Waals surface area contributed by atoms with Crippen LogP contribution < -0.4 is 0 Å². The van der Waals surface area contributed by atoms with E-state index in [1.807, 2.05) is 0 Å². The van der Waals surface area contributed by atoms with E-state index < -0.39 is 0 Å². The lowest BCUT2D eigenvalue weighted by Crippen LogP contribution is -2.43. The van der Waals surface area contributed by atoms with Gasteiger partial charge in [0.2, 0.25) is 0 Å². The van der Waals surface area contributed by atoms with Crippen LogP contribution in [0.15, 0.2) is 0 Å². The Bertz CT molecular complexity index is 315. The number of ether oxygens (including phenoxy) is 1. The molecule has 0 aromatic rings. The molecular weight excluding hydrogens is 228 g/mol. The van der Waals surface area contributed by atoms with Gasteiger partial charge in [0.1, 0.15) is 6.10 Å². The molecule has 2 fully saturated rings. The molecule has 3 nitrogen and oxygen atoms in total. The van der Waals surface area contributed by atoms with Crippen LogP contribution in [0.3, 0.4) is 0 Å². The zero-order valence-corrected chi connectivity index (χ0v) is 11.8. The molecule has 5 atom stereocenters. The van der Waals surface area contributed by atoms with E-state index in [1.165, 1.54) is 19.8 Å². The van der Waals surface area contributed by atoms with Crippen molar-refractivity contribution in [1.82, 2.24) is 0 Å². The number of carbonyl (C=O) groups is 1. The molecule has 2 aliphatic carbocycles. The molecule has 2 rings (SSSR count). The largest absolute Gasteiger partial charge is 0.462 e. The van der Waals surface area contributed by atoms with Crippen LogP contribution >= 0.6 is 0 Å². The average Bonchev–Trinajstić information content (AvgIpc) is 2.66. The molecule has 2 aliphatic rings. The minimum Gasteiger partial charge on any atom is -0.462 e. The van der Waals surface area contributed by atoms with Gasteiger partial charge >= 0.3 is 5.97 Å². The van der Waals surface area contributed by atoms with Crippen LogP contribution in [-0.4, -0.2) is 23.8 Å². The maximum Gasteiger partial charge on any atom is 0.302 e. The number of hydrogen-bond acceptors (Lipinski definition) is 3. The predicted octanol–water partition coefficient (Wildman–Crippen LogP) is 2.76. The number of aliphatic hydroxyl groups excluding tert-OH is 1. The van der Waals surface area contributed by atoms with Crippen molar-refractivity contribution in [2.24, 2.45) is 23.2 Å². The van der Waals surface area contributed by atoms with Crippen LogP contribution in [0.25, 0.3) is 0 Å². The van der Waals surface area contributed by atoms with Crippen molar-refractivity contribution in [2.45, 2.75) is 59.0 Å². The molecule has 0 amide bonds. The summed E-state index contributed by atoms with van der Waals surface area (Å²) in [5.41, 5.74) is 0.251. The normalized spacial score (nSPS) is 41.2. The number of esters is 1. The first-order valence-corrected chi connectivity index (χ1v) is 7.27. The fraction of sp³-hybridized carbons (Fsp3) is 0.933. The molecule has 18 heavy (non-hydrogen) atoms. The number of hydrogen-bond donors (Lipinski definition) is 1. The highest BCUT2D eigenvalue weighted by molar-refractivity contribution is 5.66. The first kappa shape index (κ1) is 13.9. The van der Waals surface area contributed by atoms with Gasteiger partial charge in [-0.1, -0.05) is 13.8 Å². The van der Waals surface area contributed by atoms with Crippen molar-refractivity contribution >= 4 is 5.97 Å². The summed E-state index contributed by atoms with van der Waals surface area (Å²) in [7, 11) is 0.